The van der Waals surface area contributed by atoms with E-state index in [0.717, 1.165) is 32.2 Å². The van der Waals surface area contributed by atoms with Crippen LogP contribution in [0.2, 0.25) is 0 Å². The molecule has 4 heteroatoms. The summed E-state index contributed by atoms with van der Waals surface area (Å²) in [4.78, 5) is 16.5. The zero-order valence-electron chi connectivity index (χ0n) is 14.5. The fourth-order valence-electron chi connectivity index (χ4n) is 4.22. The molecule has 1 spiro atoms. The Hall–Kier alpha value is -0.610. The van der Waals surface area contributed by atoms with Crippen molar-refractivity contribution in [3.8, 4) is 0 Å². The molecule has 1 aliphatic carbocycles. The zero-order chi connectivity index (χ0) is 15.7. The first-order chi connectivity index (χ1) is 10.5. The summed E-state index contributed by atoms with van der Waals surface area (Å²) in [5.41, 5.74) is 0.306. The van der Waals surface area contributed by atoms with E-state index >= 15 is 0 Å². The average Bonchev–Trinajstić information content (AvgIpc) is 3.23. The van der Waals surface area contributed by atoms with Crippen LogP contribution < -0.4 is 0 Å². The average molecular weight is 308 g/mol. The van der Waals surface area contributed by atoms with Crippen molar-refractivity contribution in [1.29, 1.82) is 0 Å². The molecule has 22 heavy (non-hydrogen) atoms. The minimum absolute atomic E-state index is 0.232. The van der Waals surface area contributed by atoms with Crippen LogP contribution in [-0.2, 0) is 9.53 Å². The summed E-state index contributed by atoms with van der Waals surface area (Å²) in [6.45, 7) is 12.3. The Morgan fingerprint density at radius 2 is 1.91 bits per heavy atom. The molecule has 1 amide bonds. The molecule has 3 fully saturated rings. The van der Waals surface area contributed by atoms with Gasteiger partial charge in [0.05, 0.1) is 6.61 Å². The second kappa shape index (κ2) is 6.48. The minimum Gasteiger partial charge on any atom is -0.381 e. The lowest BCUT2D eigenvalue weighted by Gasteiger charge is -2.43. The van der Waals surface area contributed by atoms with E-state index in [1.54, 1.807) is 6.92 Å². The predicted molar refractivity (Wildman–Crippen MR) is 87.7 cm³/mol. The maximum absolute atomic E-state index is 11.9. The zero-order valence-corrected chi connectivity index (χ0v) is 14.5. The molecule has 2 aliphatic heterocycles. The number of rotatable bonds is 5. The molecule has 126 valence electrons. The predicted octanol–water partition coefficient (Wildman–Crippen LogP) is 2.38. The van der Waals surface area contributed by atoms with Crippen LogP contribution in [0, 0.1) is 17.3 Å². The van der Waals surface area contributed by atoms with Crippen LogP contribution in [-0.4, -0.2) is 61.1 Å². The third kappa shape index (κ3) is 3.48. The summed E-state index contributed by atoms with van der Waals surface area (Å²) in [5.74, 6) is 1.59. The number of carbonyl (C=O) groups is 1. The van der Waals surface area contributed by atoms with E-state index < -0.39 is 0 Å². The highest BCUT2D eigenvalue weighted by molar-refractivity contribution is 5.73. The normalized spacial score (nSPS) is 28.7. The Morgan fingerprint density at radius 1 is 1.23 bits per heavy atom. The van der Waals surface area contributed by atoms with E-state index in [2.05, 4.69) is 23.6 Å². The van der Waals surface area contributed by atoms with Crippen LogP contribution in [0.3, 0.4) is 0 Å². The van der Waals surface area contributed by atoms with E-state index in [0.29, 0.717) is 17.4 Å². The van der Waals surface area contributed by atoms with Gasteiger partial charge in [-0.3, -0.25) is 4.79 Å². The highest BCUT2D eigenvalue weighted by Gasteiger charge is 2.48. The van der Waals surface area contributed by atoms with E-state index in [9.17, 15) is 4.79 Å². The third-order valence-electron chi connectivity index (χ3n) is 6.15. The molecule has 3 rings (SSSR count). The first-order valence-corrected chi connectivity index (χ1v) is 9.07. The number of ether oxygens (including phenoxy) is 1. The van der Waals surface area contributed by atoms with Gasteiger partial charge in [-0.15, -0.1) is 0 Å². The van der Waals surface area contributed by atoms with Gasteiger partial charge in [-0.1, -0.05) is 0 Å². The molecule has 0 bridgehead atoms. The largest absolute Gasteiger partial charge is 0.381 e. The molecule has 1 saturated carbocycles. The molecule has 3 aliphatic rings. The Labute approximate surface area is 135 Å². The van der Waals surface area contributed by atoms with Crippen molar-refractivity contribution < 1.29 is 9.53 Å². The number of amides is 1. The Morgan fingerprint density at radius 3 is 2.45 bits per heavy atom. The van der Waals surface area contributed by atoms with Gasteiger partial charge in [0.25, 0.3) is 0 Å². The van der Waals surface area contributed by atoms with E-state index in [1.165, 1.54) is 38.8 Å². The highest BCUT2D eigenvalue weighted by Crippen LogP contribution is 2.45. The number of hydrogen-bond acceptors (Lipinski definition) is 3. The minimum atomic E-state index is 0.232. The molecule has 1 unspecified atom stereocenters. The molecule has 0 aromatic carbocycles. The lowest BCUT2D eigenvalue weighted by atomic mass is 9.71. The molecule has 2 heterocycles. The van der Waals surface area contributed by atoms with Crippen molar-refractivity contribution in [3.63, 3.8) is 0 Å². The molecule has 0 aromatic rings. The van der Waals surface area contributed by atoms with Gasteiger partial charge in [-0.2, -0.15) is 0 Å². The quantitative estimate of drug-likeness (QED) is 0.782. The van der Waals surface area contributed by atoms with Crippen molar-refractivity contribution in [2.45, 2.75) is 52.5 Å². The summed E-state index contributed by atoms with van der Waals surface area (Å²) in [6.07, 6.45) is 5.12. The maximum Gasteiger partial charge on any atom is 0.219 e. The lowest BCUT2D eigenvalue weighted by molar-refractivity contribution is -0.128. The van der Waals surface area contributed by atoms with Crippen LogP contribution >= 0.6 is 0 Å². The summed E-state index contributed by atoms with van der Waals surface area (Å²) in [6, 6.07) is 0.632. The summed E-state index contributed by atoms with van der Waals surface area (Å²) < 4.78 is 6.02. The van der Waals surface area contributed by atoms with E-state index in [-0.39, 0.29) is 5.91 Å². The van der Waals surface area contributed by atoms with Crippen LogP contribution in [0.4, 0.5) is 0 Å². The molecule has 4 nitrogen and oxygen atoms in total. The van der Waals surface area contributed by atoms with Gasteiger partial charge in [-0.25, -0.2) is 0 Å². The van der Waals surface area contributed by atoms with E-state index in [1.807, 2.05) is 0 Å². The number of piperidine rings is 1. The molecular weight excluding hydrogens is 276 g/mol. The van der Waals surface area contributed by atoms with Gasteiger partial charge in [0.1, 0.15) is 0 Å². The first-order valence-electron chi connectivity index (χ1n) is 9.07. The number of carbonyl (C=O) groups excluding carboxylic acids is 1. The summed E-state index contributed by atoms with van der Waals surface area (Å²) in [7, 11) is 0. The standard InChI is InChI=1S/C18H32N2O2/c1-14(2)19-8-6-18(7-9-19)13-20(15(3)21)10-17(18)12-22-11-16-4-5-16/h14,16-17H,4-13H2,1-3H3. The Kier molecular flexibility index (Phi) is 4.79. The smallest absolute Gasteiger partial charge is 0.219 e. The molecule has 0 N–H and O–H groups in total. The Bertz CT molecular complexity index is 398. The van der Waals surface area contributed by atoms with Crippen LogP contribution in [0.15, 0.2) is 0 Å². The first kappa shape index (κ1) is 16.3. The van der Waals surface area contributed by atoms with Crippen molar-refractivity contribution in [1.82, 2.24) is 9.80 Å². The van der Waals surface area contributed by atoms with Gasteiger partial charge in [0, 0.05) is 38.6 Å². The van der Waals surface area contributed by atoms with Crippen molar-refractivity contribution in [2.75, 3.05) is 39.4 Å². The third-order valence-corrected chi connectivity index (χ3v) is 6.15. The molecule has 1 atom stereocenters. The van der Waals surface area contributed by atoms with Gasteiger partial charge in [0.15, 0.2) is 0 Å². The Balaban J connectivity index is 1.61. The fraction of sp³-hybridized carbons (Fsp3) is 0.944. The van der Waals surface area contributed by atoms with Crippen LogP contribution in [0.5, 0.6) is 0 Å². The van der Waals surface area contributed by atoms with Crippen LogP contribution in [0.1, 0.15) is 46.5 Å². The van der Waals surface area contributed by atoms with Gasteiger partial charge in [-0.05, 0) is 64.0 Å². The number of nitrogens with zero attached hydrogens (tertiary/aromatic N) is 2. The molecule has 2 saturated heterocycles. The summed E-state index contributed by atoms with van der Waals surface area (Å²) in [5, 5.41) is 0. The van der Waals surface area contributed by atoms with Gasteiger partial charge >= 0.3 is 0 Å². The topological polar surface area (TPSA) is 32.8 Å². The van der Waals surface area contributed by atoms with Gasteiger partial charge in [0.2, 0.25) is 5.91 Å². The number of hydrogen-bond donors (Lipinski definition) is 0. The summed E-state index contributed by atoms with van der Waals surface area (Å²) >= 11 is 0. The van der Waals surface area contributed by atoms with Crippen molar-refractivity contribution in [3.05, 3.63) is 0 Å². The van der Waals surface area contributed by atoms with Crippen molar-refractivity contribution in [2.24, 2.45) is 17.3 Å². The number of likely N-dealkylation sites (tertiary alicyclic amines) is 2. The van der Waals surface area contributed by atoms with Crippen LogP contribution in [0.25, 0.3) is 0 Å². The second-order valence-corrected chi connectivity index (χ2v) is 8.07. The molecule has 0 radical (unpaired) electrons. The maximum atomic E-state index is 11.9. The highest BCUT2D eigenvalue weighted by atomic mass is 16.5. The second-order valence-electron chi connectivity index (χ2n) is 8.07. The molecular formula is C18H32N2O2. The monoisotopic (exact) mass is 308 g/mol. The lowest BCUT2D eigenvalue weighted by Crippen LogP contribution is -2.47. The molecule has 0 aromatic heterocycles. The fourth-order valence-corrected chi connectivity index (χ4v) is 4.22. The SMILES string of the molecule is CC(=O)N1CC(COCC2CC2)C2(CCN(C(C)C)CC2)C1. The van der Waals surface area contributed by atoms with Crippen molar-refractivity contribution >= 4 is 5.91 Å². The van der Waals surface area contributed by atoms with Gasteiger partial charge < -0.3 is 14.5 Å². The van der Waals surface area contributed by atoms with E-state index in [4.69, 9.17) is 4.74 Å².